The molecule has 1 aromatic carbocycles. The van der Waals surface area contributed by atoms with Crippen molar-refractivity contribution >= 4 is 40.5 Å². The first-order valence-corrected chi connectivity index (χ1v) is 13.1. The molecular weight excluding hydrogens is 529 g/mol. The summed E-state index contributed by atoms with van der Waals surface area (Å²) in [5.41, 5.74) is 1.41. The van der Waals surface area contributed by atoms with Gasteiger partial charge >= 0.3 is 0 Å². The molecule has 0 bridgehead atoms. The number of fused-ring (bicyclic) bond motifs is 1. The van der Waals surface area contributed by atoms with Crippen molar-refractivity contribution in [3.63, 3.8) is 0 Å². The Morgan fingerprint density at radius 1 is 0.767 bits per heavy atom. The molecule has 0 saturated heterocycles. The summed E-state index contributed by atoms with van der Waals surface area (Å²) in [6, 6.07) is 5.64. The number of rotatable bonds is 10. The lowest BCUT2D eigenvalue weighted by atomic mass is 9.95. The van der Waals surface area contributed by atoms with E-state index in [1.807, 2.05) is 12.1 Å². The number of carbonyl (C=O) groups is 2. The van der Waals surface area contributed by atoms with E-state index < -0.39 is 19.3 Å². The summed E-state index contributed by atoms with van der Waals surface area (Å²) in [7, 11) is -2.25. The fraction of sp³-hybridized carbons (Fsp3) is 0.545. The molecule has 0 N–H and O–H groups in total. The number of Topliss-reactive ketones (excluding diaryl/α,β-unsaturated/α-hetero) is 1. The van der Waals surface area contributed by atoms with Gasteiger partial charge in [0.1, 0.15) is 0 Å². The number of benzene rings is 1. The van der Waals surface area contributed by atoms with Gasteiger partial charge in [-0.05, 0) is 59.7 Å². The number of nitrogens with zero attached hydrogens (tertiary/aromatic N) is 3. The SMILES string of the molecule is CCN(CC)[P+](C1=CC(=O)C(=O)c2ccc(Br)cc21)(N(CC)CC)N(CC)CC.[Br-]. The lowest BCUT2D eigenvalue weighted by Crippen LogP contribution is -3.00. The van der Waals surface area contributed by atoms with Crippen LogP contribution in [-0.4, -0.2) is 64.8 Å². The highest BCUT2D eigenvalue weighted by Gasteiger charge is 2.59. The lowest BCUT2D eigenvalue weighted by molar-refractivity contribution is -0.111. The minimum Gasteiger partial charge on any atom is -1.00 e. The maximum atomic E-state index is 12.8. The Morgan fingerprint density at radius 2 is 1.20 bits per heavy atom. The molecule has 0 atom stereocenters. The van der Waals surface area contributed by atoms with Gasteiger partial charge in [-0.25, -0.2) is 0 Å². The first kappa shape index (κ1) is 27.6. The second kappa shape index (κ2) is 12.0. The molecule has 1 aliphatic rings. The lowest BCUT2D eigenvalue weighted by Gasteiger charge is -2.47. The molecule has 0 amide bonds. The molecule has 1 aromatic rings. The van der Waals surface area contributed by atoms with Gasteiger partial charge in [0.25, 0.3) is 7.71 Å². The maximum absolute atomic E-state index is 12.8. The molecule has 0 unspecified atom stereocenters. The molecule has 2 rings (SSSR count). The largest absolute Gasteiger partial charge is 1.00 e. The van der Waals surface area contributed by atoms with Gasteiger partial charge in [0.2, 0.25) is 11.6 Å². The minimum atomic E-state index is -2.25. The monoisotopic (exact) mass is 561 g/mol. The van der Waals surface area contributed by atoms with Crippen molar-refractivity contribution < 1.29 is 26.6 Å². The van der Waals surface area contributed by atoms with Crippen LogP contribution in [0.15, 0.2) is 28.7 Å². The Morgan fingerprint density at radius 3 is 1.60 bits per heavy atom. The summed E-state index contributed by atoms with van der Waals surface area (Å²) in [5, 5.41) is 1.01. The summed E-state index contributed by atoms with van der Waals surface area (Å²) in [5.74, 6) is -0.821. The molecule has 8 heteroatoms. The van der Waals surface area contributed by atoms with Crippen molar-refractivity contribution in [3.05, 3.63) is 39.9 Å². The molecule has 0 heterocycles. The third kappa shape index (κ3) is 4.67. The van der Waals surface area contributed by atoms with Crippen LogP contribution in [0.25, 0.3) is 5.31 Å². The third-order valence-corrected chi connectivity index (χ3v) is 11.3. The zero-order valence-electron chi connectivity index (χ0n) is 18.9. The first-order chi connectivity index (χ1) is 13.9. The second-order valence-corrected chi connectivity index (χ2v) is 11.1. The van der Waals surface area contributed by atoms with Crippen LogP contribution in [0.5, 0.6) is 0 Å². The number of ketones is 2. The van der Waals surface area contributed by atoms with Crippen LogP contribution in [0, 0.1) is 0 Å². The first-order valence-electron chi connectivity index (χ1n) is 10.6. The third-order valence-electron chi connectivity index (χ3n) is 5.69. The molecule has 0 aromatic heterocycles. The van der Waals surface area contributed by atoms with E-state index >= 15 is 0 Å². The van der Waals surface area contributed by atoms with E-state index in [-0.39, 0.29) is 17.0 Å². The molecule has 5 nitrogen and oxygen atoms in total. The smallest absolute Gasteiger partial charge is 0.262 e. The van der Waals surface area contributed by atoms with Gasteiger partial charge in [0.05, 0.1) is 0 Å². The summed E-state index contributed by atoms with van der Waals surface area (Å²) in [6.07, 6.45) is 1.64. The van der Waals surface area contributed by atoms with Crippen molar-refractivity contribution in [2.24, 2.45) is 0 Å². The topological polar surface area (TPSA) is 43.9 Å². The van der Waals surface area contributed by atoms with E-state index in [0.29, 0.717) is 5.56 Å². The van der Waals surface area contributed by atoms with E-state index in [1.165, 1.54) is 0 Å². The average molecular weight is 563 g/mol. The van der Waals surface area contributed by atoms with Gasteiger partial charge in [0.15, 0.2) is 5.31 Å². The molecule has 168 valence electrons. The highest BCUT2D eigenvalue weighted by atomic mass is 79.9. The van der Waals surface area contributed by atoms with E-state index in [0.717, 1.165) is 54.6 Å². The van der Waals surface area contributed by atoms with Crippen LogP contribution in [0.2, 0.25) is 0 Å². The van der Waals surface area contributed by atoms with Crippen LogP contribution in [0.3, 0.4) is 0 Å². The van der Waals surface area contributed by atoms with Crippen molar-refractivity contribution in [1.82, 2.24) is 14.0 Å². The quantitative estimate of drug-likeness (QED) is 0.323. The zero-order chi connectivity index (χ0) is 21.8. The van der Waals surface area contributed by atoms with Gasteiger partial charge < -0.3 is 17.0 Å². The number of halogens is 2. The van der Waals surface area contributed by atoms with Crippen LogP contribution in [0.4, 0.5) is 0 Å². The van der Waals surface area contributed by atoms with Crippen molar-refractivity contribution in [2.75, 3.05) is 39.3 Å². The highest BCUT2D eigenvalue weighted by Crippen LogP contribution is 2.76. The predicted molar refractivity (Wildman–Crippen MR) is 127 cm³/mol. The van der Waals surface area contributed by atoms with Gasteiger partial charge in [-0.2, -0.15) is 0 Å². The molecule has 30 heavy (non-hydrogen) atoms. The Labute approximate surface area is 201 Å². The molecule has 0 aliphatic heterocycles. The Bertz CT molecular complexity index is 757. The summed E-state index contributed by atoms with van der Waals surface area (Å²) >= 11 is 3.58. The summed E-state index contributed by atoms with van der Waals surface area (Å²) in [6.45, 7) is 18.4. The van der Waals surface area contributed by atoms with E-state index in [2.05, 4.69) is 71.5 Å². The van der Waals surface area contributed by atoms with Gasteiger partial charge in [-0.1, -0.05) is 15.9 Å². The molecule has 0 spiro atoms. The summed E-state index contributed by atoms with van der Waals surface area (Å²) in [4.78, 5) is 25.5. The maximum Gasteiger partial charge on any atom is 0.262 e. The van der Waals surface area contributed by atoms with E-state index in [9.17, 15) is 9.59 Å². The number of carbonyl (C=O) groups excluding carboxylic acids is 2. The summed E-state index contributed by atoms with van der Waals surface area (Å²) < 4.78 is 8.48. The Balaban J connectivity index is 0.00000450. The standard InChI is InChI=1S/C22H34BrN3O2P.BrH/c1-7-24(8-2)29(25(9-3)10-4,26(11-5)12-6)21-16-20(27)22(28)18-14-13-17(23)15-19(18)21;/h13-16H,7-12H2,1-6H3;1H/q+1;/p-1. The van der Waals surface area contributed by atoms with E-state index in [4.69, 9.17) is 0 Å². The fourth-order valence-electron chi connectivity index (χ4n) is 4.42. The fourth-order valence-corrected chi connectivity index (χ4v) is 9.94. The van der Waals surface area contributed by atoms with Crippen LogP contribution >= 0.6 is 23.6 Å². The van der Waals surface area contributed by atoms with Crippen LogP contribution in [0.1, 0.15) is 57.5 Å². The van der Waals surface area contributed by atoms with Gasteiger partial charge in [0, 0.05) is 60.9 Å². The predicted octanol–water partition coefficient (Wildman–Crippen LogP) is 2.35. The van der Waals surface area contributed by atoms with Crippen LogP contribution < -0.4 is 17.0 Å². The number of allylic oxidation sites excluding steroid dienone is 1. The average Bonchev–Trinajstić information content (AvgIpc) is 2.72. The van der Waals surface area contributed by atoms with Crippen molar-refractivity contribution in [1.29, 1.82) is 0 Å². The Hall–Kier alpha value is -0.430. The van der Waals surface area contributed by atoms with Gasteiger partial charge in [-0.3, -0.25) is 9.59 Å². The van der Waals surface area contributed by atoms with Gasteiger partial charge in [-0.15, -0.1) is 14.0 Å². The normalized spacial score (nSPS) is 14.3. The van der Waals surface area contributed by atoms with Crippen molar-refractivity contribution in [2.45, 2.75) is 41.5 Å². The molecule has 0 saturated carbocycles. The molecule has 0 radical (unpaired) electrons. The molecule has 1 aliphatic carbocycles. The second-order valence-electron chi connectivity index (χ2n) is 6.90. The number of hydrogen-bond donors (Lipinski definition) is 0. The molecular formula is C22H34Br2N3O2P. The van der Waals surface area contributed by atoms with E-state index in [1.54, 1.807) is 12.1 Å². The zero-order valence-corrected chi connectivity index (χ0v) is 23.0. The molecule has 0 fully saturated rings. The minimum absolute atomic E-state index is 0. The Kier molecular flexibility index (Phi) is 11.0. The number of hydrogen-bond acceptors (Lipinski definition) is 5. The van der Waals surface area contributed by atoms with Crippen molar-refractivity contribution in [3.8, 4) is 0 Å². The van der Waals surface area contributed by atoms with Crippen LogP contribution in [-0.2, 0) is 4.79 Å². The highest BCUT2D eigenvalue weighted by molar-refractivity contribution is 9.10.